The average Bonchev–Trinajstić information content (AvgIpc) is 3.26. The van der Waals surface area contributed by atoms with E-state index in [9.17, 15) is 0 Å². The maximum atomic E-state index is 6.08. The Balaban J connectivity index is 1.35. The van der Waals surface area contributed by atoms with E-state index in [4.69, 9.17) is 14.2 Å². The lowest BCUT2D eigenvalue weighted by Crippen LogP contribution is -2.48. The fourth-order valence-corrected chi connectivity index (χ4v) is 3.97. The summed E-state index contributed by atoms with van der Waals surface area (Å²) in [6.45, 7) is 11.5. The second kappa shape index (κ2) is 11.0. The average molecular weight is 418 g/mol. The van der Waals surface area contributed by atoms with Crippen LogP contribution < -0.4 is 10.1 Å². The quantitative estimate of drug-likeness (QED) is 0.417. The molecule has 2 saturated heterocycles. The molecule has 1 atom stereocenters. The van der Waals surface area contributed by atoms with Crippen molar-refractivity contribution in [2.24, 2.45) is 4.99 Å². The van der Waals surface area contributed by atoms with Gasteiger partial charge in [-0.3, -0.25) is 4.99 Å². The van der Waals surface area contributed by atoms with E-state index >= 15 is 0 Å². The molecule has 2 aliphatic rings. The van der Waals surface area contributed by atoms with Crippen molar-refractivity contribution in [1.29, 1.82) is 0 Å². The van der Waals surface area contributed by atoms with Gasteiger partial charge in [0.2, 0.25) is 0 Å². The summed E-state index contributed by atoms with van der Waals surface area (Å²) in [5.41, 5.74) is 1.41. The van der Waals surface area contributed by atoms with Gasteiger partial charge in [-0.2, -0.15) is 0 Å². The maximum absolute atomic E-state index is 6.08. The van der Waals surface area contributed by atoms with E-state index in [2.05, 4.69) is 54.2 Å². The Hall–Kier alpha value is -1.79. The van der Waals surface area contributed by atoms with Crippen LogP contribution in [0.1, 0.15) is 52.0 Å². The first-order valence-corrected chi connectivity index (χ1v) is 11.4. The number of aliphatic imine (C=N–C) groups is 1. The fraction of sp³-hybridized carbons (Fsp3) is 0.708. The van der Waals surface area contributed by atoms with E-state index in [1.807, 2.05) is 13.1 Å². The number of nitrogens with one attached hydrogen (secondary N) is 1. The van der Waals surface area contributed by atoms with Crippen molar-refractivity contribution >= 4 is 5.96 Å². The van der Waals surface area contributed by atoms with Crippen molar-refractivity contribution in [2.75, 3.05) is 46.5 Å². The summed E-state index contributed by atoms with van der Waals surface area (Å²) < 4.78 is 17.7. The molecular formula is C24H39N3O3. The van der Waals surface area contributed by atoms with Crippen LogP contribution in [0.3, 0.4) is 0 Å². The molecule has 0 amide bonds. The molecule has 1 aromatic rings. The molecule has 30 heavy (non-hydrogen) atoms. The molecule has 2 fully saturated rings. The molecule has 1 N–H and O–H groups in total. The summed E-state index contributed by atoms with van der Waals surface area (Å²) in [4.78, 5) is 6.76. The Labute approximate surface area is 182 Å². The van der Waals surface area contributed by atoms with Gasteiger partial charge in [0.25, 0.3) is 0 Å². The lowest BCUT2D eigenvalue weighted by atomic mass is 9.87. The van der Waals surface area contributed by atoms with E-state index in [1.54, 1.807) is 0 Å². The summed E-state index contributed by atoms with van der Waals surface area (Å²) in [6.07, 6.45) is 5.01. The zero-order valence-electron chi connectivity index (χ0n) is 19.2. The summed E-state index contributed by atoms with van der Waals surface area (Å²) in [7, 11) is 1.84. The minimum Gasteiger partial charge on any atom is -0.492 e. The first kappa shape index (κ1) is 22.9. The van der Waals surface area contributed by atoms with E-state index < -0.39 is 0 Å². The zero-order valence-corrected chi connectivity index (χ0v) is 19.2. The van der Waals surface area contributed by atoms with Crippen LogP contribution >= 0.6 is 0 Å². The normalized spacial score (nSPS) is 21.1. The predicted octanol–water partition coefficient (Wildman–Crippen LogP) is 3.60. The van der Waals surface area contributed by atoms with Crippen LogP contribution in [-0.2, 0) is 14.9 Å². The molecule has 2 aliphatic heterocycles. The third kappa shape index (κ3) is 6.88. The second-order valence-electron chi connectivity index (χ2n) is 9.26. The van der Waals surface area contributed by atoms with Crippen molar-refractivity contribution in [1.82, 2.24) is 10.2 Å². The number of hydrogen-bond donors (Lipinski definition) is 1. The summed E-state index contributed by atoms with van der Waals surface area (Å²) >= 11 is 0. The number of nitrogens with zero attached hydrogens (tertiary/aromatic N) is 2. The van der Waals surface area contributed by atoms with Gasteiger partial charge in [-0.25, -0.2) is 0 Å². The number of ether oxygens (including phenoxy) is 3. The molecule has 0 saturated carbocycles. The van der Waals surface area contributed by atoms with E-state index in [0.717, 1.165) is 63.8 Å². The topological polar surface area (TPSA) is 55.3 Å². The molecule has 0 radical (unpaired) electrons. The molecule has 0 bridgehead atoms. The Bertz CT molecular complexity index is 673. The Kier molecular flexibility index (Phi) is 8.40. The van der Waals surface area contributed by atoms with E-state index in [1.165, 1.54) is 12.0 Å². The van der Waals surface area contributed by atoms with Crippen LogP contribution in [0.15, 0.2) is 29.3 Å². The number of guanidine groups is 1. The van der Waals surface area contributed by atoms with Crippen LogP contribution in [0.2, 0.25) is 0 Å². The van der Waals surface area contributed by atoms with Gasteiger partial charge in [-0.05, 0) is 48.8 Å². The molecule has 6 nitrogen and oxygen atoms in total. The van der Waals surface area contributed by atoms with Crippen LogP contribution in [0.25, 0.3) is 0 Å². The molecule has 0 spiro atoms. The molecule has 0 aromatic heterocycles. The zero-order chi connectivity index (χ0) is 21.4. The standard InChI is InChI=1S/C24H39N3O3/c1-24(2,3)19-7-5-8-21(17-19)29-16-12-26-23(25-4)27-13-10-20(11-14-27)30-18-22-9-6-15-28-22/h5,7-8,17,20,22H,6,9-16,18H2,1-4H3,(H,25,26). The van der Waals surface area contributed by atoms with Crippen LogP contribution in [0.5, 0.6) is 5.75 Å². The molecule has 2 heterocycles. The van der Waals surface area contributed by atoms with Crippen molar-refractivity contribution < 1.29 is 14.2 Å². The number of hydrogen-bond acceptors (Lipinski definition) is 4. The maximum Gasteiger partial charge on any atom is 0.193 e. The number of benzene rings is 1. The summed E-state index contributed by atoms with van der Waals surface area (Å²) in [5, 5.41) is 3.44. The van der Waals surface area contributed by atoms with Crippen LogP contribution in [0.4, 0.5) is 0 Å². The molecule has 0 aliphatic carbocycles. The molecule has 1 aromatic carbocycles. The number of piperidine rings is 1. The molecule has 1 unspecified atom stereocenters. The molecule has 3 rings (SSSR count). The fourth-order valence-electron chi connectivity index (χ4n) is 3.97. The highest BCUT2D eigenvalue weighted by atomic mass is 16.5. The van der Waals surface area contributed by atoms with Gasteiger partial charge in [-0.1, -0.05) is 32.9 Å². The SMILES string of the molecule is CN=C(NCCOc1cccc(C(C)(C)C)c1)N1CCC(OCC2CCCO2)CC1. The summed E-state index contributed by atoms with van der Waals surface area (Å²) in [6, 6.07) is 8.37. The number of rotatable bonds is 7. The minimum absolute atomic E-state index is 0.125. The van der Waals surface area contributed by atoms with Crippen molar-refractivity contribution in [2.45, 2.75) is 64.1 Å². The Morgan fingerprint density at radius 3 is 2.70 bits per heavy atom. The summed E-state index contributed by atoms with van der Waals surface area (Å²) in [5.74, 6) is 1.86. The third-order valence-electron chi connectivity index (χ3n) is 5.85. The molecule has 168 valence electrons. The first-order chi connectivity index (χ1) is 14.5. The van der Waals surface area contributed by atoms with Gasteiger partial charge in [0.05, 0.1) is 25.4 Å². The van der Waals surface area contributed by atoms with Crippen LogP contribution in [0, 0.1) is 0 Å². The Morgan fingerprint density at radius 2 is 2.03 bits per heavy atom. The van der Waals surface area contributed by atoms with Crippen molar-refractivity contribution in [3.63, 3.8) is 0 Å². The smallest absolute Gasteiger partial charge is 0.193 e. The lowest BCUT2D eigenvalue weighted by Gasteiger charge is -2.34. The van der Waals surface area contributed by atoms with Gasteiger partial charge >= 0.3 is 0 Å². The lowest BCUT2D eigenvalue weighted by molar-refractivity contribution is -0.0367. The van der Waals surface area contributed by atoms with E-state index in [0.29, 0.717) is 18.8 Å². The van der Waals surface area contributed by atoms with Crippen LogP contribution in [-0.4, -0.2) is 69.6 Å². The highest BCUT2D eigenvalue weighted by Gasteiger charge is 2.24. The van der Waals surface area contributed by atoms with E-state index in [-0.39, 0.29) is 5.41 Å². The van der Waals surface area contributed by atoms with Crippen molar-refractivity contribution in [3.8, 4) is 5.75 Å². The van der Waals surface area contributed by atoms with Gasteiger partial charge in [0.1, 0.15) is 12.4 Å². The first-order valence-electron chi connectivity index (χ1n) is 11.4. The monoisotopic (exact) mass is 417 g/mol. The molecule has 6 heteroatoms. The van der Waals surface area contributed by atoms with Gasteiger partial charge in [0.15, 0.2) is 5.96 Å². The molecular weight excluding hydrogens is 378 g/mol. The Morgan fingerprint density at radius 1 is 1.23 bits per heavy atom. The largest absolute Gasteiger partial charge is 0.492 e. The minimum atomic E-state index is 0.125. The van der Waals surface area contributed by atoms with Crippen molar-refractivity contribution in [3.05, 3.63) is 29.8 Å². The second-order valence-corrected chi connectivity index (χ2v) is 9.26. The highest BCUT2D eigenvalue weighted by molar-refractivity contribution is 5.79. The predicted molar refractivity (Wildman–Crippen MR) is 122 cm³/mol. The third-order valence-corrected chi connectivity index (χ3v) is 5.85. The van der Waals surface area contributed by atoms with Gasteiger partial charge in [0, 0.05) is 26.7 Å². The van der Waals surface area contributed by atoms with Gasteiger partial charge in [-0.15, -0.1) is 0 Å². The number of likely N-dealkylation sites (tertiary alicyclic amines) is 1. The van der Waals surface area contributed by atoms with Gasteiger partial charge < -0.3 is 24.4 Å². The highest BCUT2D eigenvalue weighted by Crippen LogP contribution is 2.25.